The van der Waals surface area contributed by atoms with E-state index in [1.54, 1.807) is 0 Å². The number of phenolic OH excluding ortho intramolecular Hbond substituents is 1. The van der Waals surface area contributed by atoms with E-state index in [9.17, 15) is 18.0 Å². The lowest BCUT2D eigenvalue weighted by Crippen LogP contribution is -2.06. The third-order valence-electron chi connectivity index (χ3n) is 3.11. The van der Waals surface area contributed by atoms with E-state index in [0.29, 0.717) is 17.4 Å². The molecule has 0 saturated carbocycles. The average Bonchev–Trinajstić information content (AvgIpc) is 2.59. The van der Waals surface area contributed by atoms with E-state index in [-0.39, 0.29) is 22.9 Å². The minimum atomic E-state index is -0.947. The second-order valence-electron chi connectivity index (χ2n) is 4.82. The summed E-state index contributed by atoms with van der Waals surface area (Å²) in [7, 11) is 0. The summed E-state index contributed by atoms with van der Waals surface area (Å²) in [6.07, 6.45) is 1.89. The molecule has 0 fully saturated rings. The molecule has 0 saturated heterocycles. The molecule has 0 amide bonds. The topological polar surface area (TPSA) is 70.3 Å². The molecule has 0 aromatic heterocycles. The Hall–Kier alpha value is -2.98. The monoisotopic (exact) mass is 367 g/mol. The molecule has 0 bridgehead atoms. The van der Waals surface area contributed by atoms with E-state index >= 15 is 0 Å². The number of nitriles is 1. The van der Waals surface area contributed by atoms with Gasteiger partial charge in [0.25, 0.3) is 0 Å². The molecule has 0 unspecified atom stereocenters. The quantitative estimate of drug-likeness (QED) is 0.764. The van der Waals surface area contributed by atoms with Gasteiger partial charge >= 0.3 is 0 Å². The van der Waals surface area contributed by atoms with Gasteiger partial charge in [0, 0.05) is 17.7 Å². The highest BCUT2D eigenvalue weighted by Gasteiger charge is 2.14. The van der Waals surface area contributed by atoms with Gasteiger partial charge in [-0.25, -0.2) is 13.2 Å². The van der Waals surface area contributed by atoms with Crippen molar-refractivity contribution in [3.63, 3.8) is 0 Å². The van der Waals surface area contributed by atoms with Crippen molar-refractivity contribution in [1.82, 2.24) is 0 Å². The Morgan fingerprint density at radius 2 is 1.84 bits per heavy atom. The van der Waals surface area contributed by atoms with Crippen LogP contribution in [0.3, 0.4) is 0 Å². The molecule has 1 heterocycles. The summed E-state index contributed by atoms with van der Waals surface area (Å²) in [4.78, 5) is 10.1. The Morgan fingerprint density at radius 1 is 1.16 bits per heavy atom. The van der Waals surface area contributed by atoms with E-state index in [0.717, 1.165) is 24.3 Å². The van der Waals surface area contributed by atoms with Crippen molar-refractivity contribution < 1.29 is 27.8 Å². The smallest absolute Gasteiger partial charge is 0.162 e. The number of benzene rings is 2. The van der Waals surface area contributed by atoms with E-state index in [1.165, 1.54) is 6.08 Å². The van der Waals surface area contributed by atoms with Gasteiger partial charge < -0.3 is 9.84 Å². The fourth-order valence-corrected chi connectivity index (χ4v) is 2.05. The van der Waals surface area contributed by atoms with Crippen LogP contribution in [0.15, 0.2) is 29.8 Å². The highest BCUT2D eigenvalue weighted by Crippen LogP contribution is 2.28. The molecule has 0 radical (unpaired) electrons. The van der Waals surface area contributed by atoms with Crippen molar-refractivity contribution >= 4 is 24.0 Å². The second-order valence-corrected chi connectivity index (χ2v) is 5.22. The molecule has 25 heavy (non-hydrogen) atoms. The number of nitrogens with zero attached hydrogens (tertiary/aromatic N) is 1. The maximum Gasteiger partial charge on any atom is 0.162 e. The normalized spacial score (nSPS) is 11.9. The van der Waals surface area contributed by atoms with Crippen LogP contribution >= 0.6 is 11.6 Å². The second kappa shape index (κ2) is 7.73. The number of rotatable bonds is 1. The first-order valence-corrected chi connectivity index (χ1v) is 7.09. The zero-order chi connectivity index (χ0) is 18.6. The van der Waals surface area contributed by atoms with Crippen LogP contribution in [0.5, 0.6) is 11.5 Å². The first kappa shape index (κ1) is 18.4. The SMILES string of the molecule is N#CC1=Cc2cc(F)c(F)cc2OC1.O=Cc1cc(Cl)c(F)cc1O. The molecule has 0 aliphatic carbocycles. The zero-order valence-corrected chi connectivity index (χ0v) is 13.1. The lowest BCUT2D eigenvalue weighted by Gasteiger charge is -2.14. The molecule has 1 N–H and O–H groups in total. The minimum Gasteiger partial charge on any atom is -0.507 e. The molecule has 1 aliphatic heterocycles. The number of carbonyl (C=O) groups excluding carboxylic acids is 1. The molecule has 2 aromatic carbocycles. The lowest BCUT2D eigenvalue weighted by molar-refractivity contribution is 0.112. The summed E-state index contributed by atoms with van der Waals surface area (Å²) < 4.78 is 43.1. The molecule has 0 atom stereocenters. The van der Waals surface area contributed by atoms with Crippen LogP contribution in [0.25, 0.3) is 6.08 Å². The molecule has 1 aliphatic rings. The van der Waals surface area contributed by atoms with Gasteiger partial charge in [-0.3, -0.25) is 4.79 Å². The molecule has 3 rings (SSSR count). The van der Waals surface area contributed by atoms with Crippen molar-refractivity contribution in [3.8, 4) is 17.6 Å². The fourth-order valence-electron chi connectivity index (χ4n) is 1.88. The van der Waals surface area contributed by atoms with Gasteiger partial charge in [0.05, 0.1) is 22.2 Å². The van der Waals surface area contributed by atoms with Crippen LogP contribution in [-0.2, 0) is 0 Å². The van der Waals surface area contributed by atoms with Crippen molar-refractivity contribution in [2.75, 3.05) is 6.61 Å². The molecule has 128 valence electrons. The van der Waals surface area contributed by atoms with Crippen LogP contribution < -0.4 is 4.74 Å². The van der Waals surface area contributed by atoms with E-state index in [4.69, 9.17) is 26.7 Å². The number of phenols is 1. The first-order chi connectivity index (χ1) is 11.8. The Labute approximate surface area is 145 Å². The van der Waals surface area contributed by atoms with Crippen LogP contribution in [0.1, 0.15) is 15.9 Å². The molecule has 0 spiro atoms. The van der Waals surface area contributed by atoms with Crippen LogP contribution in [-0.4, -0.2) is 18.0 Å². The van der Waals surface area contributed by atoms with Gasteiger partial charge in [-0.15, -0.1) is 0 Å². The highest BCUT2D eigenvalue weighted by atomic mass is 35.5. The number of hydrogen-bond donors (Lipinski definition) is 1. The Morgan fingerprint density at radius 3 is 2.48 bits per heavy atom. The predicted octanol–water partition coefficient (Wildman–Crippen LogP) is 4.26. The average molecular weight is 368 g/mol. The fraction of sp³-hybridized carbons (Fsp3) is 0.0588. The van der Waals surface area contributed by atoms with Gasteiger partial charge in [-0.1, -0.05) is 11.6 Å². The number of aldehydes is 1. The van der Waals surface area contributed by atoms with Crippen molar-refractivity contribution in [2.24, 2.45) is 0 Å². The number of ether oxygens (including phenoxy) is 1. The van der Waals surface area contributed by atoms with Crippen LogP contribution in [0.4, 0.5) is 13.2 Å². The molecule has 4 nitrogen and oxygen atoms in total. The third kappa shape index (κ3) is 4.31. The number of aromatic hydroxyl groups is 1. The van der Waals surface area contributed by atoms with E-state index < -0.39 is 23.2 Å². The largest absolute Gasteiger partial charge is 0.507 e. The van der Waals surface area contributed by atoms with Crippen LogP contribution in [0.2, 0.25) is 5.02 Å². The van der Waals surface area contributed by atoms with Gasteiger partial charge in [-0.05, 0) is 18.2 Å². The minimum absolute atomic E-state index is 0.0172. The summed E-state index contributed by atoms with van der Waals surface area (Å²) in [6, 6.07) is 5.76. The van der Waals surface area contributed by atoms with E-state index in [2.05, 4.69) is 0 Å². The maximum absolute atomic E-state index is 12.8. The predicted molar refractivity (Wildman–Crippen MR) is 83.9 cm³/mol. The summed E-state index contributed by atoms with van der Waals surface area (Å²) in [6.45, 7) is 0.106. The number of halogens is 4. The third-order valence-corrected chi connectivity index (χ3v) is 3.40. The van der Waals surface area contributed by atoms with Gasteiger partial charge in [0.1, 0.15) is 23.9 Å². The molecular formula is C17H9ClF3NO3. The Kier molecular flexibility index (Phi) is 5.67. The summed E-state index contributed by atoms with van der Waals surface area (Å²) in [5, 5.41) is 17.3. The van der Waals surface area contributed by atoms with Gasteiger partial charge in [-0.2, -0.15) is 5.26 Å². The number of carbonyl (C=O) groups is 1. The molecule has 2 aromatic rings. The van der Waals surface area contributed by atoms with E-state index in [1.807, 2.05) is 6.07 Å². The first-order valence-electron chi connectivity index (χ1n) is 6.71. The Bertz CT molecular complexity index is 907. The lowest BCUT2D eigenvalue weighted by atomic mass is 10.1. The molecule has 8 heteroatoms. The summed E-state index contributed by atoms with van der Waals surface area (Å²) >= 11 is 5.32. The number of fused-ring (bicyclic) bond motifs is 1. The van der Waals surface area contributed by atoms with Crippen molar-refractivity contribution in [2.45, 2.75) is 0 Å². The standard InChI is InChI=1S/C10H5F2NO.C7H4ClFO2/c11-8-2-7-1-6(4-13)5-14-10(7)3-9(8)12;8-5-1-4(3-10)7(11)2-6(5)9/h1-3H,5H2;1-3,11H. The number of hydrogen-bond acceptors (Lipinski definition) is 4. The molecular weight excluding hydrogens is 359 g/mol. The maximum atomic E-state index is 12.8. The Balaban J connectivity index is 0.000000186. The van der Waals surface area contributed by atoms with Crippen LogP contribution in [0, 0.1) is 28.8 Å². The van der Waals surface area contributed by atoms with Crippen molar-refractivity contribution in [3.05, 3.63) is 63.4 Å². The highest BCUT2D eigenvalue weighted by molar-refractivity contribution is 6.31. The summed E-state index contributed by atoms with van der Waals surface area (Å²) in [5.41, 5.74) is 0.770. The zero-order valence-electron chi connectivity index (χ0n) is 12.4. The van der Waals surface area contributed by atoms with Gasteiger partial charge in [0.2, 0.25) is 0 Å². The van der Waals surface area contributed by atoms with Gasteiger partial charge in [0.15, 0.2) is 17.9 Å². The van der Waals surface area contributed by atoms with Crippen molar-refractivity contribution in [1.29, 1.82) is 5.26 Å². The summed E-state index contributed by atoms with van der Waals surface area (Å²) in [5.74, 6) is -2.76.